The van der Waals surface area contributed by atoms with Crippen LogP contribution < -0.4 is 15.8 Å². The van der Waals surface area contributed by atoms with Gasteiger partial charge in [-0.05, 0) is 18.4 Å². The Bertz CT molecular complexity index is 559. The van der Waals surface area contributed by atoms with E-state index in [1.165, 1.54) is 17.5 Å². The summed E-state index contributed by atoms with van der Waals surface area (Å²) in [5.41, 5.74) is 1.78. The molecular formula is C15H22N4O2. The molecule has 1 aromatic rings. The smallest absolute Gasteiger partial charge is 0.269 e. The molecule has 21 heavy (non-hydrogen) atoms. The van der Waals surface area contributed by atoms with Crippen molar-refractivity contribution in [2.75, 3.05) is 37.7 Å². The second-order valence-electron chi connectivity index (χ2n) is 5.71. The van der Waals surface area contributed by atoms with Gasteiger partial charge in [0.05, 0.1) is 31.6 Å². The number of ether oxygens (including phenoxy) is 1. The van der Waals surface area contributed by atoms with Gasteiger partial charge >= 0.3 is 0 Å². The van der Waals surface area contributed by atoms with Crippen molar-refractivity contribution in [3.63, 3.8) is 0 Å². The first kappa shape index (κ1) is 14.3. The summed E-state index contributed by atoms with van der Waals surface area (Å²) in [7, 11) is 0. The molecule has 2 fully saturated rings. The Balaban J connectivity index is 1.60. The molecule has 0 spiro atoms. The average Bonchev–Trinajstić information content (AvgIpc) is 3.32. The fraction of sp³-hybridized carbons (Fsp3) is 0.600. The minimum atomic E-state index is -0.0773. The van der Waals surface area contributed by atoms with Crippen LogP contribution >= 0.6 is 0 Å². The van der Waals surface area contributed by atoms with E-state index in [1.54, 1.807) is 12.3 Å². The van der Waals surface area contributed by atoms with E-state index in [0.29, 0.717) is 25.8 Å². The van der Waals surface area contributed by atoms with Gasteiger partial charge in [0.2, 0.25) is 0 Å². The Labute approximate surface area is 124 Å². The van der Waals surface area contributed by atoms with Crippen molar-refractivity contribution in [3.05, 3.63) is 34.8 Å². The van der Waals surface area contributed by atoms with E-state index in [4.69, 9.17) is 4.74 Å². The summed E-state index contributed by atoms with van der Waals surface area (Å²) in [6.45, 7) is 8.26. The molecule has 1 aliphatic carbocycles. The van der Waals surface area contributed by atoms with Crippen LogP contribution in [-0.2, 0) is 11.3 Å². The van der Waals surface area contributed by atoms with E-state index < -0.39 is 0 Å². The standard InChI is InChI=1S/C15H22N4O2/c1-12(9-16-13-2-3-13)11-19-15(20)8-14(10-17-19)18-4-6-21-7-5-18/h8,10,13,16H,1-7,9,11H2. The number of rotatable bonds is 6. The molecule has 0 unspecified atom stereocenters. The summed E-state index contributed by atoms with van der Waals surface area (Å²) in [5.74, 6) is 0. The summed E-state index contributed by atoms with van der Waals surface area (Å²) in [4.78, 5) is 14.3. The molecule has 114 valence electrons. The van der Waals surface area contributed by atoms with E-state index >= 15 is 0 Å². The fourth-order valence-electron chi connectivity index (χ4n) is 2.38. The maximum absolute atomic E-state index is 12.1. The first-order chi connectivity index (χ1) is 10.2. The number of hydrogen-bond donors (Lipinski definition) is 1. The topological polar surface area (TPSA) is 59.4 Å². The number of nitrogens with zero attached hydrogens (tertiary/aromatic N) is 3. The minimum absolute atomic E-state index is 0.0773. The van der Waals surface area contributed by atoms with Crippen LogP contribution in [0.15, 0.2) is 29.2 Å². The number of nitrogens with one attached hydrogen (secondary N) is 1. The van der Waals surface area contributed by atoms with Gasteiger partial charge in [0.25, 0.3) is 5.56 Å². The van der Waals surface area contributed by atoms with E-state index in [-0.39, 0.29) is 5.56 Å². The zero-order chi connectivity index (χ0) is 14.7. The minimum Gasteiger partial charge on any atom is -0.378 e. The van der Waals surface area contributed by atoms with Gasteiger partial charge in [-0.25, -0.2) is 4.68 Å². The van der Waals surface area contributed by atoms with Crippen molar-refractivity contribution in [1.29, 1.82) is 0 Å². The van der Waals surface area contributed by atoms with Crippen LogP contribution in [0.2, 0.25) is 0 Å². The number of morpholine rings is 1. The molecule has 1 saturated carbocycles. The average molecular weight is 290 g/mol. The van der Waals surface area contributed by atoms with Crippen molar-refractivity contribution in [2.24, 2.45) is 0 Å². The highest BCUT2D eigenvalue weighted by atomic mass is 16.5. The van der Waals surface area contributed by atoms with Crippen molar-refractivity contribution in [3.8, 4) is 0 Å². The molecule has 0 bridgehead atoms. The van der Waals surface area contributed by atoms with Gasteiger partial charge in [-0.2, -0.15) is 5.10 Å². The van der Waals surface area contributed by atoms with Crippen LogP contribution in [0.3, 0.4) is 0 Å². The number of anilines is 1. The predicted molar refractivity (Wildman–Crippen MR) is 81.7 cm³/mol. The second kappa shape index (κ2) is 6.41. The molecule has 1 aliphatic heterocycles. The van der Waals surface area contributed by atoms with Crippen LogP contribution in [0.1, 0.15) is 12.8 Å². The van der Waals surface area contributed by atoms with Crippen LogP contribution in [0, 0.1) is 0 Å². The molecule has 3 rings (SSSR count). The third-order valence-corrected chi connectivity index (χ3v) is 3.82. The van der Waals surface area contributed by atoms with Crippen molar-refractivity contribution in [1.82, 2.24) is 15.1 Å². The van der Waals surface area contributed by atoms with Gasteiger partial charge in [-0.15, -0.1) is 0 Å². The van der Waals surface area contributed by atoms with E-state index in [9.17, 15) is 4.79 Å². The Kier molecular flexibility index (Phi) is 4.36. The lowest BCUT2D eigenvalue weighted by Gasteiger charge is -2.28. The highest BCUT2D eigenvalue weighted by Gasteiger charge is 2.20. The fourth-order valence-corrected chi connectivity index (χ4v) is 2.38. The van der Waals surface area contributed by atoms with Crippen LogP contribution in [-0.4, -0.2) is 48.7 Å². The quantitative estimate of drug-likeness (QED) is 0.768. The third-order valence-electron chi connectivity index (χ3n) is 3.82. The predicted octanol–water partition coefficient (Wildman–Crippen LogP) is 0.388. The molecule has 0 aromatic carbocycles. The Hall–Kier alpha value is -1.66. The molecule has 6 nitrogen and oxygen atoms in total. The largest absolute Gasteiger partial charge is 0.378 e. The maximum atomic E-state index is 12.1. The highest BCUT2D eigenvalue weighted by molar-refractivity contribution is 5.43. The van der Waals surface area contributed by atoms with Crippen molar-refractivity contribution >= 4 is 5.69 Å². The number of aromatic nitrogens is 2. The summed E-state index contributed by atoms with van der Waals surface area (Å²) < 4.78 is 6.79. The summed E-state index contributed by atoms with van der Waals surface area (Å²) in [6, 6.07) is 2.30. The molecule has 2 aliphatic rings. The van der Waals surface area contributed by atoms with E-state index in [0.717, 1.165) is 30.9 Å². The monoisotopic (exact) mass is 290 g/mol. The van der Waals surface area contributed by atoms with Crippen LogP contribution in [0.25, 0.3) is 0 Å². The molecule has 0 amide bonds. The molecular weight excluding hydrogens is 268 g/mol. The summed E-state index contributed by atoms with van der Waals surface area (Å²) in [6.07, 6.45) is 4.26. The van der Waals surface area contributed by atoms with Crippen LogP contribution in [0.4, 0.5) is 5.69 Å². The van der Waals surface area contributed by atoms with Crippen LogP contribution in [0.5, 0.6) is 0 Å². The molecule has 1 N–H and O–H groups in total. The third kappa shape index (κ3) is 3.92. The van der Waals surface area contributed by atoms with Gasteiger partial charge in [-0.1, -0.05) is 6.58 Å². The lowest BCUT2D eigenvalue weighted by molar-refractivity contribution is 0.122. The van der Waals surface area contributed by atoms with Gasteiger partial charge in [0.15, 0.2) is 0 Å². The van der Waals surface area contributed by atoms with Gasteiger partial charge in [0.1, 0.15) is 0 Å². The Morgan fingerprint density at radius 2 is 2.19 bits per heavy atom. The normalized spacial score (nSPS) is 18.8. The molecule has 0 atom stereocenters. The first-order valence-electron chi connectivity index (χ1n) is 7.52. The lowest BCUT2D eigenvalue weighted by atomic mass is 10.3. The first-order valence-corrected chi connectivity index (χ1v) is 7.52. The Morgan fingerprint density at radius 1 is 1.43 bits per heavy atom. The van der Waals surface area contributed by atoms with Gasteiger partial charge < -0.3 is 15.0 Å². The lowest BCUT2D eigenvalue weighted by Crippen LogP contribution is -2.37. The summed E-state index contributed by atoms with van der Waals surface area (Å²) in [5, 5.41) is 7.66. The number of hydrogen-bond acceptors (Lipinski definition) is 5. The van der Waals surface area contributed by atoms with Gasteiger partial charge in [-0.3, -0.25) is 4.79 Å². The molecule has 2 heterocycles. The van der Waals surface area contributed by atoms with Gasteiger partial charge in [0, 0.05) is 31.7 Å². The van der Waals surface area contributed by atoms with E-state index in [1.807, 2.05) is 0 Å². The second-order valence-corrected chi connectivity index (χ2v) is 5.71. The Morgan fingerprint density at radius 3 is 2.86 bits per heavy atom. The SMILES string of the molecule is C=C(CNC1CC1)Cn1ncc(N2CCOCC2)cc1=O. The zero-order valence-electron chi connectivity index (χ0n) is 12.3. The molecule has 0 radical (unpaired) electrons. The zero-order valence-corrected chi connectivity index (χ0v) is 12.3. The molecule has 1 aromatic heterocycles. The van der Waals surface area contributed by atoms with E-state index in [2.05, 4.69) is 21.9 Å². The van der Waals surface area contributed by atoms with Crippen molar-refractivity contribution in [2.45, 2.75) is 25.4 Å². The molecule has 6 heteroatoms. The van der Waals surface area contributed by atoms with Crippen molar-refractivity contribution < 1.29 is 4.74 Å². The molecule has 1 saturated heterocycles. The highest BCUT2D eigenvalue weighted by Crippen LogP contribution is 2.18. The maximum Gasteiger partial charge on any atom is 0.269 e. The summed E-state index contributed by atoms with van der Waals surface area (Å²) >= 11 is 0.